The van der Waals surface area contributed by atoms with Crippen LogP contribution in [0.4, 0.5) is 5.69 Å². The number of methoxy groups -OCH3 is 1. The number of benzene rings is 2. The Morgan fingerprint density at radius 3 is 2.77 bits per heavy atom. The van der Waals surface area contributed by atoms with Crippen LogP contribution in [-0.4, -0.2) is 31.3 Å². The zero-order chi connectivity index (χ0) is 15.5. The number of nitrogens with zero attached hydrogens (tertiary/aromatic N) is 1. The molecule has 1 amide bonds. The molecular formula is C18H19NO3. The Bertz CT molecular complexity index is 684. The summed E-state index contributed by atoms with van der Waals surface area (Å²) in [5.41, 5.74) is 2.89. The number of rotatable bonds is 4. The third-order valence-electron chi connectivity index (χ3n) is 4.04. The van der Waals surface area contributed by atoms with Crippen LogP contribution in [0.1, 0.15) is 6.42 Å². The number of carbonyl (C=O) groups excluding carboxylic acids is 1. The van der Waals surface area contributed by atoms with Crippen LogP contribution in [0, 0.1) is 5.92 Å². The molecule has 2 aromatic rings. The van der Waals surface area contributed by atoms with E-state index in [-0.39, 0.29) is 18.4 Å². The summed E-state index contributed by atoms with van der Waals surface area (Å²) < 4.78 is 5.28. The molecule has 0 saturated carbocycles. The maximum Gasteiger partial charge on any atom is 0.227 e. The monoisotopic (exact) mass is 297 g/mol. The molecule has 1 unspecified atom stereocenters. The van der Waals surface area contributed by atoms with Crippen LogP contribution in [0.25, 0.3) is 11.1 Å². The van der Waals surface area contributed by atoms with Crippen LogP contribution < -0.4 is 9.64 Å². The van der Waals surface area contributed by atoms with E-state index in [4.69, 9.17) is 4.74 Å². The molecule has 0 spiro atoms. The Kier molecular flexibility index (Phi) is 4.11. The lowest BCUT2D eigenvalue weighted by Gasteiger charge is -2.20. The minimum atomic E-state index is 0.0193. The molecular weight excluding hydrogens is 278 g/mol. The summed E-state index contributed by atoms with van der Waals surface area (Å²) in [5, 5.41) is 9.31. The van der Waals surface area contributed by atoms with E-state index in [2.05, 4.69) is 0 Å². The van der Waals surface area contributed by atoms with Gasteiger partial charge >= 0.3 is 0 Å². The lowest BCUT2D eigenvalue weighted by atomic mass is 10.0. The second kappa shape index (κ2) is 6.20. The van der Waals surface area contributed by atoms with Crippen LogP contribution in [0.5, 0.6) is 5.75 Å². The summed E-state index contributed by atoms with van der Waals surface area (Å²) >= 11 is 0. The van der Waals surface area contributed by atoms with Gasteiger partial charge in [-0.1, -0.05) is 30.3 Å². The Morgan fingerprint density at radius 1 is 1.23 bits per heavy atom. The molecule has 1 saturated heterocycles. The van der Waals surface area contributed by atoms with E-state index < -0.39 is 0 Å². The highest BCUT2D eigenvalue weighted by Gasteiger charge is 2.31. The molecule has 0 radical (unpaired) electrons. The number of para-hydroxylation sites is 1. The highest BCUT2D eigenvalue weighted by atomic mass is 16.5. The van der Waals surface area contributed by atoms with Gasteiger partial charge in [-0.15, -0.1) is 0 Å². The van der Waals surface area contributed by atoms with E-state index in [9.17, 15) is 9.90 Å². The van der Waals surface area contributed by atoms with Gasteiger partial charge in [0.1, 0.15) is 5.75 Å². The third-order valence-corrected chi connectivity index (χ3v) is 4.04. The third kappa shape index (κ3) is 2.70. The van der Waals surface area contributed by atoms with Gasteiger partial charge in [-0.3, -0.25) is 4.79 Å². The fourth-order valence-electron chi connectivity index (χ4n) is 2.88. The number of aliphatic hydroxyl groups excluding tert-OH is 1. The largest absolute Gasteiger partial charge is 0.497 e. The lowest BCUT2D eigenvalue weighted by Crippen LogP contribution is -2.25. The molecule has 1 aliphatic heterocycles. The molecule has 1 fully saturated rings. The smallest absolute Gasteiger partial charge is 0.227 e. The van der Waals surface area contributed by atoms with Gasteiger partial charge in [0.25, 0.3) is 0 Å². The molecule has 4 nitrogen and oxygen atoms in total. The van der Waals surface area contributed by atoms with Crippen molar-refractivity contribution in [2.75, 3.05) is 25.2 Å². The average Bonchev–Trinajstić information content (AvgIpc) is 2.96. The first-order valence-corrected chi connectivity index (χ1v) is 7.37. The van der Waals surface area contributed by atoms with Gasteiger partial charge in [0, 0.05) is 31.1 Å². The number of hydrogen-bond donors (Lipinski definition) is 1. The minimum absolute atomic E-state index is 0.0193. The van der Waals surface area contributed by atoms with Crippen molar-refractivity contribution in [3.8, 4) is 16.9 Å². The summed E-state index contributed by atoms with van der Waals surface area (Å²) in [5.74, 6) is 0.869. The van der Waals surface area contributed by atoms with Gasteiger partial charge in [0.05, 0.1) is 12.8 Å². The van der Waals surface area contributed by atoms with Gasteiger partial charge in [-0.25, -0.2) is 0 Å². The van der Waals surface area contributed by atoms with E-state index in [0.29, 0.717) is 13.0 Å². The Hall–Kier alpha value is -2.33. The Balaban J connectivity index is 2.01. The first-order chi connectivity index (χ1) is 10.7. The summed E-state index contributed by atoms with van der Waals surface area (Å²) in [7, 11) is 1.64. The van der Waals surface area contributed by atoms with Crippen molar-refractivity contribution in [2.24, 2.45) is 5.92 Å². The molecule has 0 aromatic heterocycles. The van der Waals surface area contributed by atoms with Crippen LogP contribution in [-0.2, 0) is 4.79 Å². The highest BCUT2D eigenvalue weighted by Crippen LogP contribution is 2.35. The van der Waals surface area contributed by atoms with Gasteiger partial charge in [0.2, 0.25) is 5.91 Å². The van der Waals surface area contributed by atoms with E-state index in [1.54, 1.807) is 12.0 Å². The van der Waals surface area contributed by atoms with Crippen LogP contribution in [0.3, 0.4) is 0 Å². The molecule has 1 atom stereocenters. The zero-order valence-electron chi connectivity index (χ0n) is 12.5. The SMILES string of the molecule is COc1cccc(-c2ccccc2N2CC(CO)CC2=O)c1. The second-order valence-electron chi connectivity index (χ2n) is 5.51. The summed E-state index contributed by atoms with van der Waals surface area (Å²) in [4.78, 5) is 14.0. The predicted molar refractivity (Wildman–Crippen MR) is 86.0 cm³/mol. The van der Waals surface area contributed by atoms with Crippen molar-refractivity contribution in [2.45, 2.75) is 6.42 Å². The molecule has 2 aromatic carbocycles. The average molecular weight is 297 g/mol. The summed E-state index contributed by atoms with van der Waals surface area (Å²) in [6.07, 6.45) is 0.406. The standard InChI is InChI=1S/C18H19NO3/c1-22-15-6-4-5-14(10-15)16-7-2-3-8-17(16)19-11-13(12-20)9-18(19)21/h2-8,10,13,20H,9,11-12H2,1H3. The molecule has 1 aliphatic rings. The first-order valence-electron chi connectivity index (χ1n) is 7.37. The van der Waals surface area contributed by atoms with Crippen LogP contribution in [0.2, 0.25) is 0 Å². The van der Waals surface area contributed by atoms with Gasteiger partial charge in [-0.05, 0) is 23.8 Å². The number of carbonyl (C=O) groups is 1. The van der Waals surface area contributed by atoms with E-state index in [1.807, 2.05) is 48.5 Å². The quantitative estimate of drug-likeness (QED) is 0.944. The Labute approximate surface area is 130 Å². The number of hydrogen-bond acceptors (Lipinski definition) is 3. The number of amides is 1. The van der Waals surface area contributed by atoms with Crippen molar-refractivity contribution in [3.05, 3.63) is 48.5 Å². The van der Waals surface area contributed by atoms with E-state index in [0.717, 1.165) is 22.6 Å². The molecule has 4 heteroatoms. The van der Waals surface area contributed by atoms with Crippen LogP contribution >= 0.6 is 0 Å². The van der Waals surface area contributed by atoms with Gasteiger partial charge < -0.3 is 14.7 Å². The molecule has 22 heavy (non-hydrogen) atoms. The maximum atomic E-state index is 12.2. The molecule has 1 heterocycles. The summed E-state index contributed by atoms with van der Waals surface area (Å²) in [6.45, 7) is 0.611. The zero-order valence-corrected chi connectivity index (χ0v) is 12.5. The second-order valence-corrected chi connectivity index (χ2v) is 5.51. The van der Waals surface area contributed by atoms with Crippen molar-refractivity contribution in [1.82, 2.24) is 0 Å². The fraction of sp³-hybridized carbons (Fsp3) is 0.278. The predicted octanol–water partition coefficient (Wildman–Crippen LogP) is 2.71. The van der Waals surface area contributed by atoms with E-state index in [1.165, 1.54) is 0 Å². The van der Waals surface area contributed by atoms with Crippen molar-refractivity contribution < 1.29 is 14.6 Å². The highest BCUT2D eigenvalue weighted by molar-refractivity contribution is 5.99. The Morgan fingerprint density at radius 2 is 2.05 bits per heavy atom. The van der Waals surface area contributed by atoms with Crippen molar-refractivity contribution >= 4 is 11.6 Å². The molecule has 1 N–H and O–H groups in total. The minimum Gasteiger partial charge on any atom is -0.497 e. The lowest BCUT2D eigenvalue weighted by molar-refractivity contribution is -0.117. The molecule has 0 bridgehead atoms. The maximum absolute atomic E-state index is 12.2. The fourth-order valence-corrected chi connectivity index (χ4v) is 2.88. The molecule has 114 valence electrons. The van der Waals surface area contributed by atoms with Crippen molar-refractivity contribution in [1.29, 1.82) is 0 Å². The normalized spacial score (nSPS) is 17.8. The van der Waals surface area contributed by atoms with E-state index >= 15 is 0 Å². The summed E-state index contributed by atoms with van der Waals surface area (Å²) in [6, 6.07) is 15.6. The number of anilines is 1. The van der Waals surface area contributed by atoms with Gasteiger partial charge in [0.15, 0.2) is 0 Å². The molecule has 3 rings (SSSR count). The van der Waals surface area contributed by atoms with Gasteiger partial charge in [-0.2, -0.15) is 0 Å². The topological polar surface area (TPSA) is 49.8 Å². The number of aliphatic hydroxyl groups is 1. The number of ether oxygens (including phenoxy) is 1. The van der Waals surface area contributed by atoms with Crippen molar-refractivity contribution in [3.63, 3.8) is 0 Å². The molecule has 0 aliphatic carbocycles. The van der Waals surface area contributed by atoms with Crippen LogP contribution in [0.15, 0.2) is 48.5 Å². The first kappa shape index (κ1) is 14.6.